The third-order valence-electron chi connectivity index (χ3n) is 2.49. The van der Waals surface area contributed by atoms with E-state index < -0.39 is 53.0 Å². The Labute approximate surface area is 117 Å². The van der Waals surface area contributed by atoms with Crippen LogP contribution in [0.15, 0.2) is 22.5 Å². The van der Waals surface area contributed by atoms with E-state index in [0.29, 0.717) is 5.41 Å². The minimum atomic E-state index is -4.25. The van der Waals surface area contributed by atoms with Gasteiger partial charge in [-0.1, -0.05) is 13.5 Å². The lowest BCUT2D eigenvalue weighted by Gasteiger charge is -2.16. The minimum Gasteiger partial charge on any atom is -0.368 e. The van der Waals surface area contributed by atoms with Crippen molar-refractivity contribution in [1.82, 2.24) is 0 Å². The molecule has 114 valence electrons. The highest BCUT2D eigenvalue weighted by molar-refractivity contribution is 7.97. The fourth-order valence-electron chi connectivity index (χ4n) is 1.57. The fourth-order valence-corrected chi connectivity index (χ4v) is 3.98. The number of hydrogen-bond donors (Lipinski definition) is 2. The molecule has 0 heterocycles. The Balaban J connectivity index is 6.57. The van der Waals surface area contributed by atoms with E-state index in [0.717, 1.165) is 6.92 Å². The predicted molar refractivity (Wildman–Crippen MR) is 73.5 cm³/mol. The second kappa shape index (κ2) is 6.18. The van der Waals surface area contributed by atoms with E-state index in [2.05, 4.69) is 6.58 Å². The topological polar surface area (TPSA) is 154 Å². The fraction of sp³-hybridized carbons (Fsp3) is 0.400. The van der Waals surface area contributed by atoms with E-state index in [-0.39, 0.29) is 0 Å². The van der Waals surface area contributed by atoms with E-state index in [9.17, 15) is 26.4 Å². The first-order chi connectivity index (χ1) is 8.92. The van der Waals surface area contributed by atoms with Crippen LogP contribution in [0.2, 0.25) is 0 Å². The molecule has 0 saturated carbocycles. The molecule has 0 aromatic rings. The van der Waals surface area contributed by atoms with Crippen LogP contribution in [0.1, 0.15) is 13.8 Å². The van der Waals surface area contributed by atoms with Crippen LogP contribution in [0.5, 0.6) is 0 Å². The molecule has 0 radical (unpaired) electrons. The van der Waals surface area contributed by atoms with Gasteiger partial charge in [-0.25, -0.2) is 16.8 Å². The first-order valence-corrected chi connectivity index (χ1v) is 8.57. The van der Waals surface area contributed by atoms with Gasteiger partial charge in [-0.15, -0.1) is 0 Å². The number of carbonyl (C=O) groups is 2. The maximum atomic E-state index is 11.8. The third-order valence-corrected chi connectivity index (χ3v) is 6.10. The molecule has 0 spiro atoms. The summed E-state index contributed by atoms with van der Waals surface area (Å²) in [5.41, 5.74) is 9.41. The zero-order valence-corrected chi connectivity index (χ0v) is 12.6. The van der Waals surface area contributed by atoms with Gasteiger partial charge >= 0.3 is 0 Å². The summed E-state index contributed by atoms with van der Waals surface area (Å²) < 4.78 is 47.0. The largest absolute Gasteiger partial charge is 0.368 e. The average Bonchev–Trinajstić information content (AvgIpc) is 2.27. The van der Waals surface area contributed by atoms with Gasteiger partial charge < -0.3 is 11.5 Å². The third kappa shape index (κ3) is 3.67. The van der Waals surface area contributed by atoms with Gasteiger partial charge in [0.15, 0.2) is 24.9 Å². The van der Waals surface area contributed by atoms with Crippen molar-refractivity contribution in [2.24, 2.45) is 11.5 Å². The van der Waals surface area contributed by atoms with Crippen LogP contribution in [0.4, 0.5) is 0 Å². The molecule has 4 N–H and O–H groups in total. The van der Waals surface area contributed by atoms with Gasteiger partial charge in [0, 0.05) is 5.41 Å². The SMILES string of the molecule is C=CS(=O)(=O)C(C(N)=O)C(C)=C(C(N)=O)S(=O)(=O)CC. The minimum absolute atomic E-state index is 0.461. The highest BCUT2D eigenvalue weighted by atomic mass is 32.2. The van der Waals surface area contributed by atoms with Gasteiger partial charge in [-0.2, -0.15) is 0 Å². The molecule has 1 unspecified atom stereocenters. The maximum Gasteiger partial charge on any atom is 0.260 e. The molecule has 0 aromatic heterocycles. The molecule has 0 aliphatic heterocycles. The second-order valence-electron chi connectivity index (χ2n) is 3.82. The van der Waals surface area contributed by atoms with E-state index in [4.69, 9.17) is 11.5 Å². The summed E-state index contributed by atoms with van der Waals surface area (Å²) in [6.07, 6.45) is 0. The molecule has 0 bridgehead atoms. The molecule has 0 fully saturated rings. The Hall–Kier alpha value is -1.68. The van der Waals surface area contributed by atoms with Gasteiger partial charge in [-0.3, -0.25) is 9.59 Å². The van der Waals surface area contributed by atoms with Crippen LogP contribution >= 0.6 is 0 Å². The molecular weight excluding hydrogens is 308 g/mol. The van der Waals surface area contributed by atoms with Crippen LogP contribution in [0.25, 0.3) is 0 Å². The van der Waals surface area contributed by atoms with Crippen molar-refractivity contribution in [2.75, 3.05) is 5.75 Å². The smallest absolute Gasteiger partial charge is 0.260 e. The summed E-state index contributed by atoms with van der Waals surface area (Å²) in [6, 6.07) is 0. The summed E-state index contributed by atoms with van der Waals surface area (Å²) in [4.78, 5) is 21.7. The number of primary amides is 2. The molecule has 0 aliphatic carbocycles. The number of hydrogen-bond acceptors (Lipinski definition) is 6. The predicted octanol–water partition coefficient (Wildman–Crippen LogP) is -1.41. The van der Waals surface area contributed by atoms with E-state index in [1.807, 2.05) is 0 Å². The molecule has 1 atom stereocenters. The lowest BCUT2D eigenvalue weighted by molar-refractivity contribution is -0.117. The molecule has 0 aromatic carbocycles. The summed E-state index contributed by atoms with van der Waals surface area (Å²) in [5.74, 6) is -3.16. The van der Waals surface area contributed by atoms with Crippen LogP contribution in [0.3, 0.4) is 0 Å². The number of sulfone groups is 2. The summed E-state index contributed by atoms with van der Waals surface area (Å²) >= 11 is 0. The van der Waals surface area contributed by atoms with Gasteiger partial charge in [0.05, 0.1) is 5.75 Å². The van der Waals surface area contributed by atoms with Crippen LogP contribution in [-0.2, 0) is 29.3 Å². The van der Waals surface area contributed by atoms with Crippen molar-refractivity contribution in [3.63, 3.8) is 0 Å². The molecule has 10 heteroatoms. The lowest BCUT2D eigenvalue weighted by atomic mass is 10.2. The lowest BCUT2D eigenvalue weighted by Crippen LogP contribution is -2.38. The summed E-state index contributed by atoms with van der Waals surface area (Å²) in [7, 11) is -8.35. The molecule has 0 rings (SSSR count). The van der Waals surface area contributed by atoms with Crippen molar-refractivity contribution in [2.45, 2.75) is 19.1 Å². The zero-order chi connectivity index (χ0) is 16.3. The Kier molecular flexibility index (Phi) is 5.66. The molecule has 20 heavy (non-hydrogen) atoms. The van der Waals surface area contributed by atoms with Gasteiger partial charge in [0.25, 0.3) is 5.91 Å². The average molecular weight is 324 g/mol. The van der Waals surface area contributed by atoms with E-state index in [1.165, 1.54) is 6.92 Å². The zero-order valence-electron chi connectivity index (χ0n) is 11.0. The number of rotatable bonds is 7. The number of nitrogens with two attached hydrogens (primary N) is 2. The maximum absolute atomic E-state index is 11.8. The van der Waals surface area contributed by atoms with Crippen LogP contribution in [0, 0.1) is 0 Å². The Morgan fingerprint density at radius 1 is 1.20 bits per heavy atom. The standard InChI is InChI=1S/C10H16N2O6S2/c1-4-19(15,16)7(9(11)13)6(3)8(10(12)14)20(17,18)5-2/h4,7H,1,5H2,2-3H3,(H2,11,13)(H2,12,14). The Bertz CT molecular complexity index is 673. The van der Waals surface area contributed by atoms with Crippen molar-refractivity contribution >= 4 is 31.5 Å². The Morgan fingerprint density at radius 3 is 1.90 bits per heavy atom. The van der Waals surface area contributed by atoms with E-state index in [1.54, 1.807) is 0 Å². The quantitative estimate of drug-likeness (QED) is 0.548. The highest BCUT2D eigenvalue weighted by Crippen LogP contribution is 2.21. The van der Waals surface area contributed by atoms with Crippen molar-refractivity contribution in [3.05, 3.63) is 22.5 Å². The van der Waals surface area contributed by atoms with Gasteiger partial charge in [-0.05, 0) is 12.5 Å². The first-order valence-electron chi connectivity index (χ1n) is 5.31. The highest BCUT2D eigenvalue weighted by Gasteiger charge is 2.36. The molecule has 0 aliphatic rings. The Morgan fingerprint density at radius 2 is 1.65 bits per heavy atom. The van der Waals surface area contributed by atoms with Crippen LogP contribution < -0.4 is 11.5 Å². The second-order valence-corrected chi connectivity index (χ2v) is 8.02. The normalized spacial score (nSPS) is 15.1. The molecular formula is C10H16N2O6S2. The number of carbonyl (C=O) groups excluding carboxylic acids is 2. The van der Waals surface area contributed by atoms with Crippen LogP contribution in [-0.4, -0.2) is 39.7 Å². The monoisotopic (exact) mass is 324 g/mol. The first kappa shape index (κ1) is 18.3. The summed E-state index contributed by atoms with van der Waals surface area (Å²) in [5, 5.41) is -1.55. The van der Waals surface area contributed by atoms with Crippen molar-refractivity contribution in [3.8, 4) is 0 Å². The summed E-state index contributed by atoms with van der Waals surface area (Å²) in [6.45, 7) is 5.27. The molecule has 8 nitrogen and oxygen atoms in total. The number of amides is 2. The van der Waals surface area contributed by atoms with Gasteiger partial charge in [0.1, 0.15) is 4.91 Å². The van der Waals surface area contributed by atoms with E-state index >= 15 is 0 Å². The molecule has 0 saturated heterocycles. The van der Waals surface area contributed by atoms with Crippen molar-refractivity contribution in [1.29, 1.82) is 0 Å². The van der Waals surface area contributed by atoms with Gasteiger partial charge in [0.2, 0.25) is 5.91 Å². The van der Waals surface area contributed by atoms with Crippen molar-refractivity contribution < 1.29 is 26.4 Å². The molecule has 2 amide bonds.